The number of benzene rings is 1. The molecule has 0 fully saturated rings. The van der Waals surface area contributed by atoms with Gasteiger partial charge in [0.1, 0.15) is 5.75 Å². The fourth-order valence-corrected chi connectivity index (χ4v) is 1.04. The molecule has 1 heteroatoms. The Morgan fingerprint density at radius 1 is 1.31 bits per heavy atom. The molecule has 0 amide bonds. The van der Waals surface area contributed by atoms with Crippen molar-refractivity contribution in [3.05, 3.63) is 30.3 Å². The zero-order chi connectivity index (χ0) is 9.52. The van der Waals surface area contributed by atoms with Gasteiger partial charge in [-0.2, -0.15) is 0 Å². The Morgan fingerprint density at radius 2 is 2.00 bits per heavy atom. The average Bonchev–Trinajstić information content (AvgIpc) is 2.19. The number of rotatable bonds is 3. The van der Waals surface area contributed by atoms with Gasteiger partial charge in [-0.1, -0.05) is 31.0 Å². The fraction of sp³-hybridized carbons (Fsp3) is 0.333. The molecule has 0 aliphatic rings. The Bertz CT molecular complexity index is 292. The maximum absolute atomic E-state index is 5.63. The summed E-state index contributed by atoms with van der Waals surface area (Å²) in [6.07, 6.45) is 0.933. The average molecular weight is 174 g/mol. The van der Waals surface area contributed by atoms with Crippen molar-refractivity contribution in [3.63, 3.8) is 0 Å². The van der Waals surface area contributed by atoms with Crippen molar-refractivity contribution in [3.8, 4) is 17.6 Å². The lowest BCUT2D eigenvalue weighted by molar-refractivity contribution is 0.254. The molecule has 1 unspecified atom stereocenters. The molecule has 0 spiro atoms. The Morgan fingerprint density at radius 3 is 2.54 bits per heavy atom. The van der Waals surface area contributed by atoms with Crippen LogP contribution in [0, 0.1) is 11.8 Å². The predicted molar refractivity (Wildman–Crippen MR) is 54.6 cm³/mol. The summed E-state index contributed by atoms with van der Waals surface area (Å²) >= 11 is 0. The lowest BCUT2D eigenvalue weighted by Gasteiger charge is -2.10. The standard InChI is InChI=1S/C12H14O/c1-3-8-11(4-2)13-12-9-6-5-7-10-12/h5-7,9-11H,4H2,1-2H3. The topological polar surface area (TPSA) is 9.23 Å². The van der Waals surface area contributed by atoms with Gasteiger partial charge in [-0.15, -0.1) is 5.92 Å². The van der Waals surface area contributed by atoms with Gasteiger partial charge in [0.15, 0.2) is 6.10 Å². The van der Waals surface area contributed by atoms with E-state index in [1.807, 2.05) is 37.3 Å². The van der Waals surface area contributed by atoms with Gasteiger partial charge in [0.05, 0.1) is 0 Å². The highest BCUT2D eigenvalue weighted by atomic mass is 16.5. The largest absolute Gasteiger partial charge is 0.478 e. The monoisotopic (exact) mass is 174 g/mol. The summed E-state index contributed by atoms with van der Waals surface area (Å²) in [7, 11) is 0. The number of hydrogen-bond donors (Lipinski definition) is 0. The van der Waals surface area contributed by atoms with Crippen LogP contribution in [0.2, 0.25) is 0 Å². The summed E-state index contributed by atoms with van der Waals surface area (Å²) < 4.78 is 5.63. The van der Waals surface area contributed by atoms with E-state index >= 15 is 0 Å². The van der Waals surface area contributed by atoms with Crippen LogP contribution in [0.25, 0.3) is 0 Å². The van der Waals surface area contributed by atoms with Crippen molar-refractivity contribution >= 4 is 0 Å². The smallest absolute Gasteiger partial charge is 0.158 e. The van der Waals surface area contributed by atoms with Gasteiger partial charge < -0.3 is 4.74 Å². The molecule has 1 atom stereocenters. The third-order valence-electron chi connectivity index (χ3n) is 1.70. The van der Waals surface area contributed by atoms with Gasteiger partial charge in [0.2, 0.25) is 0 Å². The summed E-state index contributed by atoms with van der Waals surface area (Å²) in [6.45, 7) is 3.90. The second-order valence-corrected chi connectivity index (χ2v) is 2.72. The minimum atomic E-state index is 0.0207. The molecule has 68 valence electrons. The van der Waals surface area contributed by atoms with Gasteiger partial charge in [-0.05, 0) is 25.5 Å². The van der Waals surface area contributed by atoms with E-state index in [2.05, 4.69) is 18.8 Å². The van der Waals surface area contributed by atoms with Gasteiger partial charge in [0, 0.05) is 0 Å². The molecule has 1 aromatic rings. The van der Waals surface area contributed by atoms with E-state index in [1.165, 1.54) is 0 Å². The minimum Gasteiger partial charge on any atom is -0.478 e. The summed E-state index contributed by atoms with van der Waals surface area (Å²) in [5, 5.41) is 0. The molecule has 1 rings (SSSR count). The molecule has 13 heavy (non-hydrogen) atoms. The molecule has 1 nitrogen and oxygen atoms in total. The third kappa shape index (κ3) is 3.21. The van der Waals surface area contributed by atoms with Crippen molar-refractivity contribution < 1.29 is 4.74 Å². The van der Waals surface area contributed by atoms with Crippen LogP contribution in [-0.4, -0.2) is 6.10 Å². The van der Waals surface area contributed by atoms with Gasteiger partial charge >= 0.3 is 0 Å². The molecule has 0 bridgehead atoms. The van der Waals surface area contributed by atoms with Crippen LogP contribution in [0.5, 0.6) is 5.75 Å². The fourth-order valence-electron chi connectivity index (χ4n) is 1.04. The molecule has 0 aromatic heterocycles. The molecular weight excluding hydrogens is 160 g/mol. The van der Waals surface area contributed by atoms with E-state index in [9.17, 15) is 0 Å². The summed E-state index contributed by atoms with van der Waals surface area (Å²) in [4.78, 5) is 0. The predicted octanol–water partition coefficient (Wildman–Crippen LogP) is 2.87. The van der Waals surface area contributed by atoms with Crippen LogP contribution in [0.3, 0.4) is 0 Å². The molecule has 1 aromatic carbocycles. The zero-order valence-corrected chi connectivity index (χ0v) is 8.08. The summed E-state index contributed by atoms with van der Waals surface area (Å²) in [5.41, 5.74) is 0. The Labute approximate surface area is 79.7 Å². The summed E-state index contributed by atoms with van der Waals surface area (Å²) in [6, 6.07) is 9.78. The first-order chi connectivity index (χ1) is 6.36. The highest BCUT2D eigenvalue weighted by molar-refractivity contribution is 5.22. The third-order valence-corrected chi connectivity index (χ3v) is 1.70. The van der Waals surface area contributed by atoms with Gasteiger partial charge in [-0.25, -0.2) is 0 Å². The van der Waals surface area contributed by atoms with E-state index in [0.29, 0.717) is 0 Å². The number of para-hydroxylation sites is 1. The number of hydrogen-bond acceptors (Lipinski definition) is 1. The molecule has 0 aliphatic heterocycles. The molecular formula is C12H14O. The van der Waals surface area contributed by atoms with Crippen molar-refractivity contribution in [1.82, 2.24) is 0 Å². The van der Waals surface area contributed by atoms with E-state index < -0.39 is 0 Å². The molecule has 0 saturated carbocycles. The first kappa shape index (κ1) is 9.67. The first-order valence-corrected chi connectivity index (χ1v) is 4.50. The van der Waals surface area contributed by atoms with E-state index in [0.717, 1.165) is 12.2 Å². The van der Waals surface area contributed by atoms with Crippen LogP contribution >= 0.6 is 0 Å². The molecule has 0 radical (unpaired) electrons. The molecule has 0 heterocycles. The Hall–Kier alpha value is -1.42. The Balaban J connectivity index is 2.60. The molecule has 0 saturated heterocycles. The number of ether oxygens (including phenoxy) is 1. The lowest BCUT2D eigenvalue weighted by Crippen LogP contribution is -2.12. The van der Waals surface area contributed by atoms with Gasteiger partial charge in [0.25, 0.3) is 0 Å². The van der Waals surface area contributed by atoms with Gasteiger partial charge in [-0.3, -0.25) is 0 Å². The zero-order valence-electron chi connectivity index (χ0n) is 8.08. The normalized spacial score (nSPS) is 11.2. The SMILES string of the molecule is CC#CC(CC)Oc1ccccc1. The molecule has 0 aliphatic carbocycles. The maximum Gasteiger partial charge on any atom is 0.158 e. The van der Waals surface area contributed by atoms with Crippen LogP contribution in [0.4, 0.5) is 0 Å². The highest BCUT2D eigenvalue weighted by Crippen LogP contribution is 2.11. The van der Waals surface area contributed by atoms with Crippen molar-refractivity contribution in [1.29, 1.82) is 0 Å². The lowest BCUT2D eigenvalue weighted by atomic mass is 10.2. The van der Waals surface area contributed by atoms with Crippen LogP contribution in [-0.2, 0) is 0 Å². The Kier molecular flexibility index (Phi) is 3.92. The van der Waals surface area contributed by atoms with Crippen molar-refractivity contribution in [2.24, 2.45) is 0 Å². The highest BCUT2D eigenvalue weighted by Gasteiger charge is 2.01. The maximum atomic E-state index is 5.63. The van der Waals surface area contributed by atoms with Crippen molar-refractivity contribution in [2.45, 2.75) is 26.4 Å². The van der Waals surface area contributed by atoms with E-state index in [1.54, 1.807) is 0 Å². The van der Waals surface area contributed by atoms with Crippen molar-refractivity contribution in [2.75, 3.05) is 0 Å². The second kappa shape index (κ2) is 5.27. The second-order valence-electron chi connectivity index (χ2n) is 2.72. The minimum absolute atomic E-state index is 0.0207. The molecule has 0 N–H and O–H groups in total. The quantitative estimate of drug-likeness (QED) is 0.640. The van der Waals surface area contributed by atoms with Crippen LogP contribution < -0.4 is 4.74 Å². The van der Waals surface area contributed by atoms with Crippen LogP contribution in [0.15, 0.2) is 30.3 Å². The van der Waals surface area contributed by atoms with E-state index in [-0.39, 0.29) is 6.10 Å². The summed E-state index contributed by atoms with van der Waals surface area (Å²) in [5.74, 6) is 6.76. The van der Waals surface area contributed by atoms with E-state index in [4.69, 9.17) is 4.74 Å². The first-order valence-electron chi connectivity index (χ1n) is 4.50. The van der Waals surface area contributed by atoms with Crippen LogP contribution in [0.1, 0.15) is 20.3 Å².